The minimum absolute atomic E-state index is 0.247. The zero-order chi connectivity index (χ0) is 25.2. The molecule has 5 atom stereocenters. The van der Waals surface area contributed by atoms with Crippen LogP contribution in [0.5, 0.6) is 0 Å². The Morgan fingerprint density at radius 3 is 2.41 bits per heavy atom. The molecule has 0 bridgehead atoms. The van der Waals surface area contributed by atoms with Crippen molar-refractivity contribution in [2.75, 3.05) is 6.54 Å². The van der Waals surface area contributed by atoms with Crippen molar-refractivity contribution in [3.05, 3.63) is 35.9 Å². The predicted molar refractivity (Wildman–Crippen MR) is 124 cm³/mol. The van der Waals surface area contributed by atoms with E-state index in [1.165, 1.54) is 16.7 Å². The van der Waals surface area contributed by atoms with Gasteiger partial charge in [0, 0.05) is 11.3 Å². The van der Waals surface area contributed by atoms with Crippen LogP contribution in [0.4, 0.5) is 0 Å². The van der Waals surface area contributed by atoms with Gasteiger partial charge in [-0.3, -0.25) is 19.2 Å². The van der Waals surface area contributed by atoms with E-state index in [0.717, 1.165) is 0 Å². The van der Waals surface area contributed by atoms with Gasteiger partial charge in [0.05, 0.1) is 12.5 Å². The number of nitrogens with two attached hydrogens (primary N) is 1. The molecule has 0 radical (unpaired) electrons. The summed E-state index contributed by atoms with van der Waals surface area (Å²) in [4.78, 5) is 63.3. The van der Waals surface area contributed by atoms with Gasteiger partial charge >= 0.3 is 5.97 Å². The SMILES string of the molecule is CCNC(=O)CC(N)C(=O)NC(C(=O)N[C@@H]1C(=O)N2[C@@H]1SC(C)(C)[C@@H]2C(=O)O)c1ccccc1. The number of fused-ring (bicyclic) bond motifs is 1. The van der Waals surface area contributed by atoms with Crippen molar-refractivity contribution in [1.29, 1.82) is 0 Å². The molecule has 2 fully saturated rings. The van der Waals surface area contributed by atoms with Gasteiger partial charge in [0.2, 0.25) is 23.6 Å². The van der Waals surface area contributed by atoms with E-state index in [2.05, 4.69) is 16.0 Å². The summed E-state index contributed by atoms with van der Waals surface area (Å²) in [7, 11) is 0. The number of nitrogens with zero attached hydrogens (tertiary/aromatic N) is 1. The molecule has 2 heterocycles. The van der Waals surface area contributed by atoms with Crippen molar-refractivity contribution in [3.8, 4) is 0 Å². The molecule has 1 aromatic rings. The number of benzene rings is 1. The van der Waals surface area contributed by atoms with Crippen LogP contribution < -0.4 is 21.7 Å². The second-order valence-corrected chi connectivity index (χ2v) is 10.5. The normalized spacial score (nSPS) is 24.3. The topological polar surface area (TPSA) is 171 Å². The summed E-state index contributed by atoms with van der Waals surface area (Å²) in [5, 5.41) is 16.8. The second-order valence-electron chi connectivity index (χ2n) is 8.70. The van der Waals surface area contributed by atoms with Gasteiger partial charge in [-0.2, -0.15) is 0 Å². The largest absolute Gasteiger partial charge is 0.480 e. The number of carbonyl (C=O) groups is 5. The Hall–Kier alpha value is -3.12. The molecular weight excluding hydrogens is 462 g/mol. The molecule has 2 aliphatic heterocycles. The van der Waals surface area contributed by atoms with Gasteiger partial charge in [0.15, 0.2) is 0 Å². The number of aliphatic carboxylic acids is 1. The molecule has 2 aliphatic rings. The summed E-state index contributed by atoms with van der Waals surface area (Å²) in [6.07, 6.45) is -0.247. The third kappa shape index (κ3) is 5.02. The Morgan fingerprint density at radius 2 is 1.82 bits per heavy atom. The first-order valence-electron chi connectivity index (χ1n) is 10.9. The molecule has 0 aromatic heterocycles. The zero-order valence-corrected chi connectivity index (χ0v) is 19.9. The summed E-state index contributed by atoms with van der Waals surface area (Å²) >= 11 is 1.30. The fraction of sp³-hybridized carbons (Fsp3) is 0.500. The third-order valence-corrected chi connectivity index (χ3v) is 7.34. The monoisotopic (exact) mass is 491 g/mol. The lowest BCUT2D eigenvalue weighted by Gasteiger charge is -2.44. The minimum Gasteiger partial charge on any atom is -0.480 e. The van der Waals surface area contributed by atoms with Crippen LogP contribution in [0.25, 0.3) is 0 Å². The maximum atomic E-state index is 13.2. The maximum absolute atomic E-state index is 13.2. The van der Waals surface area contributed by atoms with E-state index in [0.29, 0.717) is 12.1 Å². The summed E-state index contributed by atoms with van der Waals surface area (Å²) < 4.78 is -0.732. The first-order chi connectivity index (χ1) is 16.0. The lowest BCUT2D eigenvalue weighted by Crippen LogP contribution is -2.71. The Bertz CT molecular complexity index is 987. The average molecular weight is 492 g/mol. The highest BCUT2D eigenvalue weighted by Crippen LogP contribution is 2.50. The molecule has 11 nitrogen and oxygen atoms in total. The van der Waals surface area contributed by atoms with Crippen LogP contribution in [0.2, 0.25) is 0 Å². The van der Waals surface area contributed by atoms with Crippen molar-refractivity contribution in [2.45, 2.75) is 61.5 Å². The number of nitrogens with one attached hydrogen (secondary N) is 3. The van der Waals surface area contributed by atoms with E-state index in [1.807, 2.05) is 0 Å². The molecule has 4 amide bonds. The number of hydrogen-bond acceptors (Lipinski definition) is 7. The highest BCUT2D eigenvalue weighted by Gasteiger charge is 2.64. The summed E-state index contributed by atoms with van der Waals surface area (Å²) in [6.45, 7) is 5.62. The molecule has 12 heteroatoms. The first-order valence-corrected chi connectivity index (χ1v) is 11.8. The number of carbonyl (C=O) groups excluding carboxylic acids is 4. The van der Waals surface area contributed by atoms with Crippen LogP contribution in [0.3, 0.4) is 0 Å². The fourth-order valence-corrected chi connectivity index (χ4v) is 5.76. The maximum Gasteiger partial charge on any atom is 0.327 e. The molecule has 6 N–H and O–H groups in total. The molecule has 34 heavy (non-hydrogen) atoms. The standard InChI is InChI=1S/C22H29N5O6S/c1-4-24-13(28)10-12(23)17(29)25-14(11-8-6-5-7-9-11)18(30)26-15-19(31)27-16(21(32)33)22(2,3)34-20(15)27/h5-9,12,14-16,20H,4,10,23H2,1-3H3,(H,24,28)(H,25,29)(H,26,30)(H,32,33)/t12?,14?,15-,16+,20-/m1/s1. The number of carboxylic acid groups (broad SMARTS) is 1. The van der Waals surface area contributed by atoms with Crippen molar-refractivity contribution in [2.24, 2.45) is 5.73 Å². The van der Waals surface area contributed by atoms with Gasteiger partial charge in [-0.25, -0.2) is 4.79 Å². The van der Waals surface area contributed by atoms with E-state index in [4.69, 9.17) is 5.73 Å². The van der Waals surface area contributed by atoms with E-state index in [-0.39, 0.29) is 12.3 Å². The summed E-state index contributed by atoms with van der Waals surface area (Å²) in [5.41, 5.74) is 6.32. The van der Waals surface area contributed by atoms with Gasteiger partial charge in [-0.1, -0.05) is 30.3 Å². The van der Waals surface area contributed by atoms with Crippen LogP contribution in [0.15, 0.2) is 30.3 Å². The Kier molecular flexibility index (Phi) is 7.51. The number of hydrogen-bond donors (Lipinski definition) is 5. The Labute approximate surface area is 201 Å². The lowest BCUT2D eigenvalue weighted by molar-refractivity contribution is -0.161. The number of carboxylic acids is 1. The molecule has 184 valence electrons. The molecular formula is C22H29N5O6S. The van der Waals surface area contributed by atoms with Crippen LogP contribution in [0.1, 0.15) is 38.8 Å². The molecule has 1 aromatic carbocycles. The highest BCUT2D eigenvalue weighted by atomic mass is 32.2. The number of rotatable bonds is 9. The van der Waals surface area contributed by atoms with Crippen LogP contribution >= 0.6 is 11.8 Å². The fourth-order valence-electron chi connectivity index (χ4n) is 4.14. The van der Waals surface area contributed by atoms with E-state index in [9.17, 15) is 29.1 Å². The first kappa shape index (κ1) is 25.5. The van der Waals surface area contributed by atoms with E-state index >= 15 is 0 Å². The van der Waals surface area contributed by atoms with Gasteiger partial charge < -0.3 is 31.7 Å². The van der Waals surface area contributed by atoms with Gasteiger partial charge in [-0.15, -0.1) is 11.8 Å². The van der Waals surface area contributed by atoms with Gasteiger partial charge in [0.1, 0.15) is 23.5 Å². The number of thioether (sulfide) groups is 1. The highest BCUT2D eigenvalue weighted by molar-refractivity contribution is 8.01. The number of β-lactam (4-membered cyclic amide) rings is 1. The van der Waals surface area contributed by atoms with Crippen molar-refractivity contribution >= 4 is 41.4 Å². The summed E-state index contributed by atoms with van der Waals surface area (Å²) in [5.74, 6) is -3.32. The second kappa shape index (κ2) is 10.0. The van der Waals surface area contributed by atoms with Crippen LogP contribution in [0, 0.1) is 0 Å². The molecule has 0 spiro atoms. The molecule has 0 saturated carbocycles. The number of amides is 4. The lowest BCUT2D eigenvalue weighted by atomic mass is 9.95. The molecule has 2 saturated heterocycles. The average Bonchev–Trinajstić information content (AvgIpc) is 3.04. The summed E-state index contributed by atoms with van der Waals surface area (Å²) in [6, 6.07) is 4.16. The predicted octanol–water partition coefficient (Wildman–Crippen LogP) is -0.671. The van der Waals surface area contributed by atoms with Crippen LogP contribution in [-0.4, -0.2) is 74.4 Å². The van der Waals surface area contributed by atoms with Gasteiger partial charge in [-0.05, 0) is 26.3 Å². The van der Waals surface area contributed by atoms with Gasteiger partial charge in [0.25, 0.3) is 0 Å². The smallest absolute Gasteiger partial charge is 0.327 e. The van der Waals surface area contributed by atoms with E-state index in [1.54, 1.807) is 51.1 Å². The molecule has 0 aliphatic carbocycles. The third-order valence-electron chi connectivity index (χ3n) is 5.77. The molecule has 3 rings (SSSR count). The Morgan fingerprint density at radius 1 is 1.18 bits per heavy atom. The molecule has 2 unspecified atom stereocenters. The quantitative estimate of drug-likeness (QED) is 0.283. The van der Waals surface area contributed by atoms with Crippen molar-refractivity contribution in [1.82, 2.24) is 20.9 Å². The van der Waals surface area contributed by atoms with Crippen molar-refractivity contribution in [3.63, 3.8) is 0 Å². The zero-order valence-electron chi connectivity index (χ0n) is 19.1. The van der Waals surface area contributed by atoms with E-state index < -0.39 is 58.0 Å². The van der Waals surface area contributed by atoms with Crippen LogP contribution in [-0.2, 0) is 24.0 Å². The minimum atomic E-state index is -1.17. The Balaban J connectivity index is 1.74. The van der Waals surface area contributed by atoms with Crippen molar-refractivity contribution < 1.29 is 29.1 Å².